The van der Waals surface area contributed by atoms with Gasteiger partial charge in [0, 0.05) is 20.4 Å². The second-order valence-electron chi connectivity index (χ2n) is 2.93. The third-order valence-corrected chi connectivity index (χ3v) is 1.93. The minimum Gasteiger partial charge on any atom is -0.872 e. The van der Waals surface area contributed by atoms with Gasteiger partial charge in [0.2, 0.25) is 0 Å². The van der Waals surface area contributed by atoms with Gasteiger partial charge in [0.1, 0.15) is 0 Å². The van der Waals surface area contributed by atoms with Gasteiger partial charge in [-0.05, 0) is 5.56 Å². The van der Waals surface area contributed by atoms with Crippen LogP contribution in [0.1, 0.15) is 5.56 Å². The van der Waals surface area contributed by atoms with E-state index in [2.05, 4.69) is 4.99 Å². The maximum absolute atomic E-state index is 11.3. The summed E-state index contributed by atoms with van der Waals surface area (Å²) in [6.45, 7) is 0.376. The summed E-state index contributed by atoms with van der Waals surface area (Å²) in [6, 6.07) is 6.73. The number of methoxy groups -OCH3 is 2. The molecule has 0 saturated heterocycles. The summed E-state index contributed by atoms with van der Waals surface area (Å²) >= 11 is 0. The molecule has 1 aromatic carbocycles. The molecule has 1 rings (SSSR count). The van der Waals surface area contributed by atoms with Gasteiger partial charge in [-0.3, -0.25) is 4.99 Å². The summed E-state index contributed by atoms with van der Waals surface area (Å²) in [5.74, 6) is -0.0346. The molecule has 4 nitrogen and oxygen atoms in total. The van der Waals surface area contributed by atoms with Crippen LogP contribution in [0.3, 0.4) is 0 Å². The standard InChI is InChI=1S/C11H15NO3.Na/c1-14-11(15-2)8-12-7-9-5-3-4-6-10(9)13;/h3-7,11,13H,8H2,1-2H3;/q;+1/p-1. The molecule has 0 aliphatic carbocycles. The minimum absolute atomic E-state index is 0. The van der Waals surface area contributed by atoms with E-state index in [0.717, 1.165) is 0 Å². The van der Waals surface area contributed by atoms with Gasteiger partial charge < -0.3 is 14.6 Å². The summed E-state index contributed by atoms with van der Waals surface area (Å²) in [5.41, 5.74) is 0.573. The number of ether oxygens (including phenoxy) is 2. The van der Waals surface area contributed by atoms with E-state index in [-0.39, 0.29) is 41.6 Å². The average molecular weight is 231 g/mol. The number of benzene rings is 1. The molecule has 5 heteroatoms. The molecule has 0 atom stereocenters. The maximum Gasteiger partial charge on any atom is 1.00 e. The van der Waals surface area contributed by atoms with E-state index in [0.29, 0.717) is 12.1 Å². The Morgan fingerprint density at radius 1 is 1.31 bits per heavy atom. The van der Waals surface area contributed by atoms with Crippen LogP contribution in [0.15, 0.2) is 29.3 Å². The first-order chi connectivity index (χ1) is 7.27. The fourth-order valence-corrected chi connectivity index (χ4v) is 1.07. The van der Waals surface area contributed by atoms with E-state index in [4.69, 9.17) is 9.47 Å². The molecule has 82 valence electrons. The van der Waals surface area contributed by atoms with Gasteiger partial charge in [0.25, 0.3) is 0 Å². The number of aliphatic imine (C=N–C) groups is 1. The SMILES string of the molecule is COC(CN=Cc1ccccc1[O-])OC.[Na+]. The van der Waals surface area contributed by atoms with E-state index in [1.807, 2.05) is 0 Å². The van der Waals surface area contributed by atoms with Crippen LogP contribution in [-0.2, 0) is 9.47 Å². The first-order valence-electron chi connectivity index (χ1n) is 4.59. The number of para-hydroxylation sites is 1. The van der Waals surface area contributed by atoms with E-state index in [1.165, 1.54) is 12.3 Å². The van der Waals surface area contributed by atoms with Crippen LogP contribution in [0.2, 0.25) is 0 Å². The quantitative estimate of drug-likeness (QED) is 0.328. The fraction of sp³-hybridized carbons (Fsp3) is 0.364. The molecule has 16 heavy (non-hydrogen) atoms. The smallest absolute Gasteiger partial charge is 0.872 e. The van der Waals surface area contributed by atoms with Gasteiger partial charge in [-0.2, -0.15) is 0 Å². The zero-order chi connectivity index (χ0) is 11.1. The molecule has 1 aromatic rings. The first kappa shape index (κ1) is 15.6. The van der Waals surface area contributed by atoms with E-state index >= 15 is 0 Å². The third-order valence-electron chi connectivity index (χ3n) is 1.93. The van der Waals surface area contributed by atoms with E-state index in [1.54, 1.807) is 32.4 Å². The van der Waals surface area contributed by atoms with Gasteiger partial charge >= 0.3 is 29.6 Å². The van der Waals surface area contributed by atoms with Gasteiger partial charge in [0.05, 0.1) is 6.54 Å². The van der Waals surface area contributed by atoms with Gasteiger partial charge in [-0.15, -0.1) is 5.75 Å². The van der Waals surface area contributed by atoms with Crippen LogP contribution in [-0.4, -0.2) is 33.3 Å². The van der Waals surface area contributed by atoms with E-state index in [9.17, 15) is 5.11 Å². The van der Waals surface area contributed by atoms with Crippen molar-refractivity contribution < 1.29 is 44.1 Å². The van der Waals surface area contributed by atoms with Crippen molar-refractivity contribution in [1.29, 1.82) is 0 Å². The van der Waals surface area contributed by atoms with Crippen molar-refractivity contribution in [1.82, 2.24) is 0 Å². The Kier molecular flexibility index (Phi) is 8.51. The number of hydrogen-bond acceptors (Lipinski definition) is 4. The Balaban J connectivity index is 0.00000225. The molecule has 0 N–H and O–H groups in total. The average Bonchev–Trinajstić information content (AvgIpc) is 2.27. The maximum atomic E-state index is 11.3. The minimum atomic E-state index is -0.361. The second-order valence-corrected chi connectivity index (χ2v) is 2.93. The first-order valence-corrected chi connectivity index (χ1v) is 4.59. The number of hydrogen-bond donors (Lipinski definition) is 0. The normalized spacial score (nSPS) is 10.7. The predicted molar refractivity (Wildman–Crippen MR) is 56.2 cm³/mol. The Labute approximate surface area is 118 Å². The molecule has 0 fully saturated rings. The Hall–Kier alpha value is -0.390. The van der Waals surface area contributed by atoms with Crippen LogP contribution < -0.4 is 34.7 Å². The molecule has 0 unspecified atom stereocenters. The van der Waals surface area contributed by atoms with Crippen molar-refractivity contribution in [2.45, 2.75) is 6.29 Å². The van der Waals surface area contributed by atoms with Crippen molar-refractivity contribution in [3.05, 3.63) is 29.8 Å². The largest absolute Gasteiger partial charge is 1.00 e. The molecule has 0 spiro atoms. The summed E-state index contributed by atoms with van der Waals surface area (Å²) in [7, 11) is 3.09. The summed E-state index contributed by atoms with van der Waals surface area (Å²) in [4.78, 5) is 4.07. The van der Waals surface area contributed by atoms with Crippen molar-refractivity contribution in [3.8, 4) is 5.75 Å². The topological polar surface area (TPSA) is 53.9 Å². The second kappa shape index (κ2) is 8.73. The molecule has 0 aliphatic rings. The summed E-state index contributed by atoms with van der Waals surface area (Å²) in [5, 5.41) is 11.3. The Bertz CT molecular complexity index is 327. The van der Waals surface area contributed by atoms with Gasteiger partial charge in [-0.25, -0.2) is 0 Å². The van der Waals surface area contributed by atoms with Crippen LogP contribution in [0, 0.1) is 0 Å². The monoisotopic (exact) mass is 231 g/mol. The molecule has 0 saturated carbocycles. The molecule has 0 aromatic heterocycles. The number of rotatable bonds is 5. The Morgan fingerprint density at radius 3 is 2.50 bits per heavy atom. The van der Waals surface area contributed by atoms with Crippen molar-refractivity contribution in [2.24, 2.45) is 4.99 Å². The molecule has 0 heterocycles. The molecular weight excluding hydrogens is 217 g/mol. The van der Waals surface area contributed by atoms with Crippen LogP contribution >= 0.6 is 0 Å². The third kappa shape index (κ3) is 5.09. The number of nitrogens with zero attached hydrogens (tertiary/aromatic N) is 1. The molecule has 0 radical (unpaired) electrons. The van der Waals surface area contributed by atoms with Crippen LogP contribution in [0.5, 0.6) is 5.75 Å². The van der Waals surface area contributed by atoms with Crippen molar-refractivity contribution in [3.63, 3.8) is 0 Å². The zero-order valence-electron chi connectivity index (χ0n) is 9.84. The van der Waals surface area contributed by atoms with Crippen molar-refractivity contribution in [2.75, 3.05) is 20.8 Å². The fourth-order valence-electron chi connectivity index (χ4n) is 1.07. The van der Waals surface area contributed by atoms with Gasteiger partial charge in [0.15, 0.2) is 6.29 Å². The summed E-state index contributed by atoms with van der Waals surface area (Å²) < 4.78 is 9.91. The predicted octanol–water partition coefficient (Wildman–Crippen LogP) is -2.20. The van der Waals surface area contributed by atoms with E-state index < -0.39 is 0 Å². The van der Waals surface area contributed by atoms with Gasteiger partial charge in [-0.1, -0.05) is 24.3 Å². The zero-order valence-corrected chi connectivity index (χ0v) is 11.8. The van der Waals surface area contributed by atoms with Crippen molar-refractivity contribution >= 4 is 6.21 Å². The molecule has 0 aliphatic heterocycles. The Morgan fingerprint density at radius 2 is 1.94 bits per heavy atom. The summed E-state index contributed by atoms with van der Waals surface area (Å²) in [6.07, 6.45) is 1.17. The molecular formula is C11H14NNaO3. The van der Waals surface area contributed by atoms with Crippen LogP contribution in [0.4, 0.5) is 0 Å². The molecule has 0 bridgehead atoms. The molecule has 0 amide bonds. The van der Waals surface area contributed by atoms with Crippen LogP contribution in [0.25, 0.3) is 0 Å².